The number of nitriles is 3. The Morgan fingerprint density at radius 3 is 2.41 bits per heavy atom. The zero-order valence-corrected chi connectivity index (χ0v) is 15.8. The van der Waals surface area contributed by atoms with Crippen LogP contribution in [0.3, 0.4) is 0 Å². The van der Waals surface area contributed by atoms with E-state index in [4.69, 9.17) is 0 Å². The fourth-order valence-corrected chi connectivity index (χ4v) is 4.55. The molecule has 148 valence electrons. The SMILES string of the molecule is CC[NH+]1C=CC2=C(C#N)[C@@H]([NH3+])C(C#N)(C#N)[C@@H](c3ccccc3C(F)(F)F)[C@H]2C1. The summed E-state index contributed by atoms with van der Waals surface area (Å²) in [4.78, 5) is 0.998. The molecule has 0 aromatic heterocycles. The number of nitrogens with one attached hydrogen (secondary N) is 1. The number of hydrogen-bond donors (Lipinski definition) is 2. The third-order valence-corrected chi connectivity index (χ3v) is 6.03. The quantitative estimate of drug-likeness (QED) is 0.784. The van der Waals surface area contributed by atoms with Gasteiger partial charge in [-0.2, -0.15) is 29.0 Å². The Kier molecular flexibility index (Phi) is 5.24. The number of hydrogen-bond acceptors (Lipinski definition) is 3. The van der Waals surface area contributed by atoms with E-state index in [0.717, 1.165) is 11.0 Å². The molecule has 29 heavy (non-hydrogen) atoms. The standard InChI is InChI=1S/C21H18F3N5/c1-2-29-8-7-13-15(9-25)19(28)20(11-26,12-27)18(16(13)10-29)14-5-3-4-6-17(14)21(22,23)24/h3-8,16,18-19H,2,10,28H2,1H3/p+2/t16-,18-,19+/m0/s1. The molecule has 0 radical (unpaired) electrons. The Balaban J connectivity index is 2.37. The lowest BCUT2D eigenvalue weighted by molar-refractivity contribution is -0.850. The molecule has 1 aromatic carbocycles. The fourth-order valence-electron chi connectivity index (χ4n) is 4.55. The van der Waals surface area contributed by atoms with E-state index < -0.39 is 35.0 Å². The highest BCUT2D eigenvalue weighted by Gasteiger charge is 2.60. The average molecular weight is 399 g/mol. The van der Waals surface area contributed by atoms with E-state index in [0.29, 0.717) is 18.7 Å². The first-order chi connectivity index (χ1) is 13.7. The van der Waals surface area contributed by atoms with Gasteiger partial charge in [0.15, 0.2) is 6.04 Å². The van der Waals surface area contributed by atoms with Crippen LogP contribution in [0.4, 0.5) is 13.2 Å². The van der Waals surface area contributed by atoms with Gasteiger partial charge in [-0.3, -0.25) is 0 Å². The van der Waals surface area contributed by atoms with Crippen molar-refractivity contribution < 1.29 is 23.8 Å². The minimum atomic E-state index is -4.63. The van der Waals surface area contributed by atoms with Gasteiger partial charge in [-0.15, -0.1) is 0 Å². The minimum absolute atomic E-state index is 0.0954. The molecular formula is C21H20F3N5+2. The predicted octanol–water partition coefficient (Wildman–Crippen LogP) is 1.32. The highest BCUT2D eigenvalue weighted by Crippen LogP contribution is 2.53. The molecule has 2 aliphatic rings. The Labute approximate surface area is 166 Å². The van der Waals surface area contributed by atoms with Gasteiger partial charge >= 0.3 is 6.18 Å². The van der Waals surface area contributed by atoms with E-state index in [1.807, 2.05) is 25.3 Å². The molecule has 1 aliphatic heterocycles. The second-order valence-electron chi connectivity index (χ2n) is 7.34. The van der Waals surface area contributed by atoms with Crippen molar-refractivity contribution in [1.82, 2.24) is 0 Å². The van der Waals surface area contributed by atoms with Gasteiger partial charge in [-0.25, -0.2) is 0 Å². The molecule has 5 nitrogen and oxygen atoms in total. The number of alkyl halides is 3. The number of nitrogens with zero attached hydrogens (tertiary/aromatic N) is 3. The number of halogens is 3. The molecule has 1 aliphatic carbocycles. The number of allylic oxidation sites excluding steroid dienone is 1. The Morgan fingerprint density at radius 2 is 1.86 bits per heavy atom. The first kappa shape index (κ1) is 20.6. The van der Waals surface area contributed by atoms with E-state index in [-0.39, 0.29) is 11.1 Å². The number of rotatable bonds is 2. The molecular weight excluding hydrogens is 379 g/mol. The maximum Gasteiger partial charge on any atom is 0.416 e. The predicted molar refractivity (Wildman–Crippen MR) is 96.2 cm³/mol. The molecule has 1 unspecified atom stereocenters. The van der Waals surface area contributed by atoms with Gasteiger partial charge < -0.3 is 10.6 Å². The summed E-state index contributed by atoms with van der Waals surface area (Å²) in [5.41, 5.74) is 1.83. The summed E-state index contributed by atoms with van der Waals surface area (Å²) in [6.07, 6.45) is -1.02. The third kappa shape index (κ3) is 3.09. The monoisotopic (exact) mass is 399 g/mol. The van der Waals surface area contributed by atoms with Crippen molar-refractivity contribution in [3.8, 4) is 18.2 Å². The van der Waals surface area contributed by atoms with Crippen molar-refractivity contribution in [2.24, 2.45) is 11.3 Å². The first-order valence-corrected chi connectivity index (χ1v) is 9.23. The number of benzene rings is 1. The van der Waals surface area contributed by atoms with Crippen molar-refractivity contribution in [2.45, 2.75) is 25.1 Å². The molecule has 1 aromatic rings. The summed E-state index contributed by atoms with van der Waals surface area (Å²) >= 11 is 0. The largest absolute Gasteiger partial charge is 0.416 e. The first-order valence-electron chi connectivity index (χ1n) is 9.23. The van der Waals surface area contributed by atoms with Gasteiger partial charge in [-0.05, 0) is 30.2 Å². The van der Waals surface area contributed by atoms with Crippen LogP contribution in [0.5, 0.6) is 0 Å². The second kappa shape index (κ2) is 7.37. The number of quaternary nitrogens is 2. The summed E-state index contributed by atoms with van der Waals surface area (Å²) in [6, 6.07) is 10.0. The van der Waals surface area contributed by atoms with E-state index in [1.54, 1.807) is 6.08 Å². The summed E-state index contributed by atoms with van der Waals surface area (Å²) in [6.45, 7) is 3.02. The Hall–Kier alpha value is -3.12. The summed E-state index contributed by atoms with van der Waals surface area (Å²) in [7, 11) is 0. The lowest BCUT2D eigenvalue weighted by Gasteiger charge is -2.44. The van der Waals surface area contributed by atoms with Crippen LogP contribution in [0.1, 0.15) is 24.0 Å². The van der Waals surface area contributed by atoms with Gasteiger partial charge in [0.2, 0.25) is 5.41 Å². The number of fused-ring (bicyclic) bond motifs is 1. The molecule has 1 heterocycles. The Morgan fingerprint density at radius 1 is 1.21 bits per heavy atom. The van der Waals surface area contributed by atoms with Crippen molar-refractivity contribution in [1.29, 1.82) is 15.8 Å². The summed E-state index contributed by atoms with van der Waals surface area (Å²) in [5.74, 6) is -1.64. The van der Waals surface area contributed by atoms with Crippen molar-refractivity contribution in [3.05, 3.63) is 58.8 Å². The van der Waals surface area contributed by atoms with Crippen molar-refractivity contribution in [3.63, 3.8) is 0 Å². The molecule has 0 fully saturated rings. The third-order valence-electron chi connectivity index (χ3n) is 6.03. The smallest absolute Gasteiger partial charge is 0.348 e. The lowest BCUT2D eigenvalue weighted by Crippen LogP contribution is -3.08. The second-order valence-corrected chi connectivity index (χ2v) is 7.34. The van der Waals surface area contributed by atoms with Gasteiger partial charge in [0.25, 0.3) is 0 Å². The molecule has 0 saturated heterocycles. The zero-order chi connectivity index (χ0) is 21.4. The van der Waals surface area contributed by atoms with Crippen LogP contribution in [0.15, 0.2) is 47.7 Å². The van der Waals surface area contributed by atoms with Gasteiger partial charge in [-0.1, -0.05) is 18.2 Å². The van der Waals surface area contributed by atoms with Crippen LogP contribution in [0.25, 0.3) is 0 Å². The van der Waals surface area contributed by atoms with Gasteiger partial charge in [0, 0.05) is 11.8 Å². The highest BCUT2D eigenvalue weighted by molar-refractivity contribution is 5.53. The van der Waals surface area contributed by atoms with Crippen LogP contribution < -0.4 is 10.6 Å². The maximum absolute atomic E-state index is 13.8. The van der Waals surface area contributed by atoms with E-state index in [1.165, 1.54) is 18.2 Å². The fraction of sp³-hybridized carbons (Fsp3) is 0.381. The van der Waals surface area contributed by atoms with Crippen molar-refractivity contribution in [2.75, 3.05) is 13.1 Å². The minimum Gasteiger partial charge on any atom is -0.348 e. The molecule has 0 bridgehead atoms. The maximum atomic E-state index is 13.8. The molecule has 3 rings (SSSR count). The van der Waals surface area contributed by atoms with Crippen LogP contribution in [0.2, 0.25) is 0 Å². The molecule has 4 atom stereocenters. The average Bonchev–Trinajstić information content (AvgIpc) is 2.72. The lowest BCUT2D eigenvalue weighted by atomic mass is 9.55. The van der Waals surface area contributed by atoms with Gasteiger partial charge in [0.05, 0.1) is 42.6 Å². The molecule has 4 N–H and O–H groups in total. The Bertz CT molecular complexity index is 989. The van der Waals surface area contributed by atoms with E-state index >= 15 is 0 Å². The molecule has 0 spiro atoms. The molecule has 8 heteroatoms. The normalized spacial score (nSPS) is 28.1. The topological polar surface area (TPSA) is 103 Å². The van der Waals surface area contributed by atoms with E-state index in [9.17, 15) is 29.0 Å². The van der Waals surface area contributed by atoms with Gasteiger partial charge in [0.1, 0.15) is 6.07 Å². The zero-order valence-electron chi connectivity index (χ0n) is 15.8. The van der Waals surface area contributed by atoms with E-state index in [2.05, 4.69) is 11.8 Å². The van der Waals surface area contributed by atoms with Crippen LogP contribution >= 0.6 is 0 Å². The van der Waals surface area contributed by atoms with Crippen LogP contribution in [0, 0.1) is 45.3 Å². The molecule has 0 saturated carbocycles. The summed E-state index contributed by atoms with van der Waals surface area (Å²) in [5, 5.41) is 29.7. The molecule has 0 amide bonds. The van der Waals surface area contributed by atoms with Crippen LogP contribution in [-0.2, 0) is 6.18 Å². The summed E-state index contributed by atoms with van der Waals surface area (Å²) < 4.78 is 41.4. The van der Waals surface area contributed by atoms with Crippen LogP contribution in [-0.4, -0.2) is 19.1 Å². The van der Waals surface area contributed by atoms with Crippen molar-refractivity contribution >= 4 is 0 Å². The highest BCUT2D eigenvalue weighted by atomic mass is 19.4.